The Kier molecular flexibility index (Phi) is 22.8. The molecule has 184 valence electrons. The van der Waals surface area contributed by atoms with Crippen molar-refractivity contribution < 1.29 is 19.4 Å². The maximum absolute atomic E-state index is 11.7. The van der Waals surface area contributed by atoms with Crippen LogP contribution in [-0.2, 0) is 14.3 Å². The Hall–Kier alpha value is -1.06. The van der Waals surface area contributed by atoms with Crippen LogP contribution in [0.15, 0.2) is 0 Å². The molecular formula is C27H52O4. The number of carboxylic acids is 1. The Bertz CT molecular complexity index is 408. The number of aliphatic carboxylic acids is 1. The van der Waals surface area contributed by atoms with E-state index in [2.05, 4.69) is 6.92 Å². The first kappa shape index (κ1) is 29.9. The molecule has 0 rings (SSSR count). The molecule has 0 aromatic rings. The van der Waals surface area contributed by atoms with E-state index in [4.69, 9.17) is 9.84 Å². The smallest absolute Gasteiger partial charge is 0.305 e. The van der Waals surface area contributed by atoms with Crippen LogP contribution in [0.2, 0.25) is 0 Å². The third-order valence-corrected chi connectivity index (χ3v) is 6.13. The molecule has 0 bridgehead atoms. The lowest BCUT2D eigenvalue weighted by Crippen LogP contribution is -2.17. The minimum Gasteiger partial charge on any atom is -0.481 e. The summed E-state index contributed by atoms with van der Waals surface area (Å²) in [5.74, 6) is -0.787. The van der Waals surface area contributed by atoms with Crippen molar-refractivity contribution in [3.05, 3.63) is 0 Å². The summed E-state index contributed by atoms with van der Waals surface area (Å²) in [5, 5.41) is 8.67. The summed E-state index contributed by atoms with van der Waals surface area (Å²) in [4.78, 5) is 22.2. The largest absolute Gasteiger partial charge is 0.481 e. The Labute approximate surface area is 192 Å². The molecule has 4 heteroatoms. The molecule has 0 aromatic carbocycles. The van der Waals surface area contributed by atoms with Crippen LogP contribution in [-0.4, -0.2) is 23.1 Å². The predicted octanol–water partition coefficient (Wildman–Crippen LogP) is 8.60. The second kappa shape index (κ2) is 23.6. The normalized spacial score (nSPS) is 12.1. The number of ether oxygens (including phenoxy) is 1. The molecule has 0 aliphatic heterocycles. The van der Waals surface area contributed by atoms with Crippen molar-refractivity contribution in [1.82, 2.24) is 0 Å². The van der Waals surface area contributed by atoms with Crippen molar-refractivity contribution in [2.75, 3.05) is 0 Å². The number of esters is 1. The van der Waals surface area contributed by atoms with E-state index in [1.54, 1.807) is 0 Å². The van der Waals surface area contributed by atoms with Crippen molar-refractivity contribution in [3.63, 3.8) is 0 Å². The molecule has 0 amide bonds. The monoisotopic (exact) mass is 440 g/mol. The maximum atomic E-state index is 11.7. The number of carbonyl (C=O) groups excluding carboxylic acids is 1. The van der Waals surface area contributed by atoms with Crippen molar-refractivity contribution in [3.8, 4) is 0 Å². The Morgan fingerprint density at radius 1 is 0.613 bits per heavy atom. The summed E-state index contributed by atoms with van der Waals surface area (Å²) in [7, 11) is 0. The van der Waals surface area contributed by atoms with Gasteiger partial charge in [0.15, 0.2) is 0 Å². The number of carbonyl (C=O) groups is 2. The molecule has 0 fully saturated rings. The third-order valence-electron chi connectivity index (χ3n) is 6.13. The highest BCUT2D eigenvalue weighted by atomic mass is 16.5. The van der Waals surface area contributed by atoms with E-state index < -0.39 is 5.97 Å². The van der Waals surface area contributed by atoms with Gasteiger partial charge in [0.25, 0.3) is 0 Å². The zero-order valence-corrected chi connectivity index (χ0v) is 20.8. The van der Waals surface area contributed by atoms with E-state index in [-0.39, 0.29) is 18.5 Å². The molecule has 0 radical (unpaired) electrons. The lowest BCUT2D eigenvalue weighted by molar-refractivity contribution is -0.149. The first-order chi connectivity index (χ1) is 15.1. The molecule has 0 saturated heterocycles. The van der Waals surface area contributed by atoms with Gasteiger partial charge in [0, 0.05) is 12.8 Å². The second-order valence-corrected chi connectivity index (χ2v) is 9.20. The molecule has 0 saturated carbocycles. The summed E-state index contributed by atoms with van der Waals surface area (Å²) >= 11 is 0. The molecule has 31 heavy (non-hydrogen) atoms. The molecular weight excluding hydrogens is 388 g/mol. The van der Waals surface area contributed by atoms with Gasteiger partial charge in [0.1, 0.15) is 6.10 Å². The van der Waals surface area contributed by atoms with Crippen LogP contribution >= 0.6 is 0 Å². The summed E-state index contributed by atoms with van der Waals surface area (Å²) < 4.78 is 5.65. The van der Waals surface area contributed by atoms with Crippen LogP contribution in [0, 0.1) is 0 Å². The number of carboxylic acid groups (broad SMARTS) is 1. The quantitative estimate of drug-likeness (QED) is 0.120. The van der Waals surface area contributed by atoms with E-state index in [1.807, 2.05) is 6.92 Å². The fourth-order valence-corrected chi connectivity index (χ4v) is 4.10. The van der Waals surface area contributed by atoms with E-state index in [0.29, 0.717) is 6.42 Å². The standard InChI is InChI=1S/C27H52O4/c1-3-5-6-7-8-9-10-11-12-13-14-16-19-22-25(31-27(30)4-2)23-20-17-15-18-21-24-26(28)29/h25H,3-24H2,1-2H3,(H,28,29). The zero-order valence-electron chi connectivity index (χ0n) is 20.8. The fraction of sp³-hybridized carbons (Fsp3) is 0.926. The SMILES string of the molecule is CCCCCCCCCCCCCCCC(CCCCCCCC(=O)O)OC(=O)CC. The average molecular weight is 441 g/mol. The molecule has 0 aliphatic carbocycles. The third kappa shape index (κ3) is 23.4. The van der Waals surface area contributed by atoms with Gasteiger partial charge < -0.3 is 9.84 Å². The molecule has 1 unspecified atom stereocenters. The number of hydrogen-bond acceptors (Lipinski definition) is 3. The minimum absolute atomic E-state index is 0.0687. The molecule has 1 N–H and O–H groups in total. The molecule has 0 spiro atoms. The summed E-state index contributed by atoms with van der Waals surface area (Å²) in [6, 6.07) is 0. The Balaban J connectivity index is 3.66. The highest BCUT2D eigenvalue weighted by Gasteiger charge is 2.13. The average Bonchev–Trinajstić information content (AvgIpc) is 2.75. The maximum Gasteiger partial charge on any atom is 0.305 e. The lowest BCUT2D eigenvalue weighted by atomic mass is 10.0. The first-order valence-corrected chi connectivity index (χ1v) is 13.5. The Morgan fingerprint density at radius 3 is 1.39 bits per heavy atom. The summed E-state index contributed by atoms with van der Waals surface area (Å²) in [5.41, 5.74) is 0. The van der Waals surface area contributed by atoms with Crippen LogP contribution < -0.4 is 0 Å². The van der Waals surface area contributed by atoms with E-state index >= 15 is 0 Å². The summed E-state index contributed by atoms with van der Waals surface area (Å²) in [6.45, 7) is 4.13. The molecule has 0 aliphatic rings. The van der Waals surface area contributed by atoms with Crippen molar-refractivity contribution >= 4 is 11.9 Å². The first-order valence-electron chi connectivity index (χ1n) is 13.5. The van der Waals surface area contributed by atoms with Crippen molar-refractivity contribution in [1.29, 1.82) is 0 Å². The number of unbranched alkanes of at least 4 members (excludes halogenated alkanes) is 16. The lowest BCUT2D eigenvalue weighted by Gasteiger charge is -2.17. The van der Waals surface area contributed by atoms with E-state index in [9.17, 15) is 9.59 Å². The second-order valence-electron chi connectivity index (χ2n) is 9.20. The molecule has 0 aromatic heterocycles. The highest BCUT2D eigenvalue weighted by Crippen LogP contribution is 2.18. The van der Waals surface area contributed by atoms with Gasteiger partial charge in [0.2, 0.25) is 0 Å². The topological polar surface area (TPSA) is 63.6 Å². The zero-order chi connectivity index (χ0) is 23.0. The van der Waals surface area contributed by atoms with Gasteiger partial charge >= 0.3 is 11.9 Å². The van der Waals surface area contributed by atoms with Gasteiger partial charge in [-0.2, -0.15) is 0 Å². The van der Waals surface area contributed by atoms with Crippen LogP contribution in [0.5, 0.6) is 0 Å². The van der Waals surface area contributed by atoms with Crippen molar-refractivity contribution in [2.45, 2.75) is 161 Å². The van der Waals surface area contributed by atoms with Gasteiger partial charge in [0.05, 0.1) is 0 Å². The van der Waals surface area contributed by atoms with E-state index in [0.717, 1.165) is 51.4 Å². The number of rotatable bonds is 24. The fourth-order valence-electron chi connectivity index (χ4n) is 4.10. The van der Waals surface area contributed by atoms with Crippen LogP contribution in [0.25, 0.3) is 0 Å². The van der Waals surface area contributed by atoms with Gasteiger partial charge in [-0.1, -0.05) is 110 Å². The van der Waals surface area contributed by atoms with Crippen LogP contribution in [0.4, 0.5) is 0 Å². The predicted molar refractivity (Wildman–Crippen MR) is 130 cm³/mol. The Morgan fingerprint density at radius 2 is 1.00 bits per heavy atom. The van der Waals surface area contributed by atoms with Crippen LogP contribution in [0.1, 0.15) is 155 Å². The molecule has 1 atom stereocenters. The summed E-state index contributed by atoms with van der Waals surface area (Å²) in [6.07, 6.45) is 25.3. The van der Waals surface area contributed by atoms with Gasteiger partial charge in [-0.15, -0.1) is 0 Å². The van der Waals surface area contributed by atoms with Gasteiger partial charge in [-0.05, 0) is 32.1 Å². The minimum atomic E-state index is -0.704. The van der Waals surface area contributed by atoms with Gasteiger partial charge in [-0.3, -0.25) is 9.59 Å². The van der Waals surface area contributed by atoms with Crippen LogP contribution in [0.3, 0.4) is 0 Å². The number of hydrogen-bond donors (Lipinski definition) is 1. The molecule has 4 nitrogen and oxygen atoms in total. The molecule has 0 heterocycles. The van der Waals surface area contributed by atoms with Crippen molar-refractivity contribution in [2.24, 2.45) is 0 Å². The van der Waals surface area contributed by atoms with E-state index in [1.165, 1.54) is 77.0 Å². The highest BCUT2D eigenvalue weighted by molar-refractivity contribution is 5.69. The van der Waals surface area contributed by atoms with Gasteiger partial charge in [-0.25, -0.2) is 0 Å².